The van der Waals surface area contributed by atoms with Crippen LogP contribution in [0.1, 0.15) is 5.56 Å². The van der Waals surface area contributed by atoms with Gasteiger partial charge in [-0.25, -0.2) is 9.48 Å². The lowest BCUT2D eigenvalue weighted by atomic mass is 10.2. The molecule has 118 valence electrons. The molecule has 24 heavy (non-hydrogen) atoms. The number of carbonyl (C=O) groups excluding carboxylic acids is 1. The van der Waals surface area contributed by atoms with Crippen LogP contribution in [0.5, 0.6) is 0 Å². The van der Waals surface area contributed by atoms with Crippen LogP contribution < -0.4 is 5.32 Å². The molecule has 0 spiro atoms. The van der Waals surface area contributed by atoms with Crippen molar-refractivity contribution in [2.45, 2.75) is 6.54 Å². The zero-order valence-electron chi connectivity index (χ0n) is 12.7. The van der Waals surface area contributed by atoms with E-state index in [0.29, 0.717) is 17.6 Å². The molecule has 4 aromatic rings. The predicted molar refractivity (Wildman–Crippen MR) is 88.7 cm³/mol. The van der Waals surface area contributed by atoms with E-state index in [1.54, 1.807) is 10.9 Å². The molecule has 0 aliphatic rings. The number of hydrogen-bond acceptors (Lipinski definition) is 4. The third-order valence-electron chi connectivity index (χ3n) is 3.69. The second-order valence-electron chi connectivity index (χ2n) is 5.27. The largest absolute Gasteiger partial charge is 0.344 e. The number of nitrogens with zero attached hydrogens (tertiary/aromatic N) is 5. The molecule has 0 saturated carbocycles. The Morgan fingerprint density at radius 3 is 2.67 bits per heavy atom. The van der Waals surface area contributed by atoms with Crippen LogP contribution in [0.25, 0.3) is 16.7 Å². The maximum Gasteiger partial charge on any atom is 0.344 e. The Kier molecular flexibility index (Phi) is 3.51. The maximum absolute atomic E-state index is 12.3. The van der Waals surface area contributed by atoms with Gasteiger partial charge in [0, 0.05) is 18.9 Å². The van der Waals surface area contributed by atoms with Crippen molar-refractivity contribution in [2.75, 3.05) is 0 Å². The van der Waals surface area contributed by atoms with Gasteiger partial charge in [-0.15, -0.1) is 5.10 Å². The van der Waals surface area contributed by atoms with Crippen molar-refractivity contribution in [1.29, 1.82) is 0 Å². The van der Waals surface area contributed by atoms with E-state index in [1.165, 1.54) is 4.68 Å². The lowest BCUT2D eigenvalue weighted by Crippen LogP contribution is -2.28. The van der Waals surface area contributed by atoms with Gasteiger partial charge in [0.2, 0.25) is 0 Å². The Morgan fingerprint density at radius 2 is 1.88 bits per heavy atom. The average Bonchev–Trinajstić information content (AvgIpc) is 3.30. The smallest absolute Gasteiger partial charge is 0.332 e. The van der Waals surface area contributed by atoms with Gasteiger partial charge in [-0.1, -0.05) is 29.5 Å². The summed E-state index contributed by atoms with van der Waals surface area (Å²) in [6.07, 6.45) is 3.61. The average molecular weight is 318 g/mol. The fourth-order valence-corrected chi connectivity index (χ4v) is 2.46. The fourth-order valence-electron chi connectivity index (χ4n) is 2.46. The molecule has 0 fully saturated rings. The van der Waals surface area contributed by atoms with Gasteiger partial charge in [-0.2, -0.15) is 9.78 Å². The van der Waals surface area contributed by atoms with Crippen molar-refractivity contribution in [3.05, 3.63) is 72.6 Å². The van der Waals surface area contributed by atoms with Crippen LogP contribution in [-0.4, -0.2) is 30.8 Å². The molecule has 0 unspecified atom stereocenters. The third kappa shape index (κ3) is 2.63. The number of amides is 1. The molecule has 0 radical (unpaired) electrons. The van der Waals surface area contributed by atoms with Crippen molar-refractivity contribution >= 4 is 17.1 Å². The van der Waals surface area contributed by atoms with Crippen LogP contribution >= 0.6 is 0 Å². The first kappa shape index (κ1) is 14.1. The molecule has 1 N–H and O–H groups in total. The van der Waals surface area contributed by atoms with Crippen LogP contribution in [0.4, 0.5) is 4.79 Å². The minimum atomic E-state index is -0.306. The first-order valence-corrected chi connectivity index (χ1v) is 7.49. The van der Waals surface area contributed by atoms with Crippen LogP contribution in [0.15, 0.2) is 67.0 Å². The normalized spacial score (nSPS) is 10.8. The van der Waals surface area contributed by atoms with E-state index < -0.39 is 0 Å². The van der Waals surface area contributed by atoms with Crippen LogP contribution in [0, 0.1) is 0 Å². The van der Waals surface area contributed by atoms with Gasteiger partial charge >= 0.3 is 6.03 Å². The second kappa shape index (κ2) is 5.96. The highest BCUT2D eigenvalue weighted by atomic mass is 16.2. The number of aromatic nitrogens is 5. The fraction of sp³-hybridized carbons (Fsp3) is 0.0588. The summed E-state index contributed by atoms with van der Waals surface area (Å²) in [5, 5.41) is 14.9. The molecular weight excluding hydrogens is 304 g/mol. The molecular formula is C17H14N6O. The third-order valence-corrected chi connectivity index (χ3v) is 3.69. The summed E-state index contributed by atoms with van der Waals surface area (Å²) >= 11 is 0. The minimum absolute atomic E-state index is 0.306. The number of nitrogens with one attached hydrogen (secondary N) is 1. The van der Waals surface area contributed by atoms with E-state index in [2.05, 4.69) is 20.7 Å². The first-order valence-electron chi connectivity index (χ1n) is 7.49. The summed E-state index contributed by atoms with van der Waals surface area (Å²) in [4.78, 5) is 12.3. The minimum Gasteiger partial charge on any atom is -0.332 e. The second-order valence-corrected chi connectivity index (χ2v) is 5.27. The van der Waals surface area contributed by atoms with Crippen LogP contribution in [-0.2, 0) is 6.54 Å². The van der Waals surface area contributed by atoms with Crippen LogP contribution in [0.3, 0.4) is 0 Å². The molecule has 0 saturated heterocycles. The topological polar surface area (TPSA) is 77.6 Å². The Morgan fingerprint density at radius 1 is 1.04 bits per heavy atom. The summed E-state index contributed by atoms with van der Waals surface area (Å²) in [6, 6.07) is 16.7. The summed E-state index contributed by atoms with van der Waals surface area (Å²) in [5.41, 5.74) is 3.33. The molecule has 1 amide bonds. The van der Waals surface area contributed by atoms with E-state index in [0.717, 1.165) is 11.3 Å². The molecule has 7 nitrogen and oxygen atoms in total. The standard InChI is InChI=1S/C17H14N6O/c24-17(23-16-5-2-1-4-15(16)20-21-23)18-12-13-6-8-14(9-7-13)22-11-3-10-19-22/h1-11H,12H2,(H,18,24). The Labute approximate surface area is 137 Å². The zero-order chi connectivity index (χ0) is 16.4. The summed E-state index contributed by atoms with van der Waals surface area (Å²) in [7, 11) is 0. The van der Waals surface area contributed by atoms with Crippen LogP contribution in [0.2, 0.25) is 0 Å². The summed E-state index contributed by atoms with van der Waals surface area (Å²) in [6.45, 7) is 0.409. The Balaban J connectivity index is 1.45. The van der Waals surface area contributed by atoms with Crippen molar-refractivity contribution in [2.24, 2.45) is 0 Å². The molecule has 0 aliphatic heterocycles. The molecule has 0 aliphatic carbocycles. The molecule has 2 heterocycles. The SMILES string of the molecule is O=C(NCc1ccc(-n2cccn2)cc1)n1nnc2ccccc21. The van der Waals surface area contributed by atoms with E-state index in [4.69, 9.17) is 0 Å². The number of rotatable bonds is 3. The van der Waals surface area contributed by atoms with Crippen molar-refractivity contribution in [3.63, 3.8) is 0 Å². The maximum atomic E-state index is 12.3. The van der Waals surface area contributed by atoms with E-state index in [9.17, 15) is 4.79 Å². The highest BCUT2D eigenvalue weighted by molar-refractivity contribution is 5.87. The molecule has 2 aromatic heterocycles. The Hall–Kier alpha value is -3.48. The van der Waals surface area contributed by atoms with Crippen molar-refractivity contribution in [3.8, 4) is 5.69 Å². The van der Waals surface area contributed by atoms with Crippen molar-refractivity contribution in [1.82, 2.24) is 30.1 Å². The molecule has 7 heteroatoms. The quantitative estimate of drug-likeness (QED) is 0.629. The van der Waals surface area contributed by atoms with Gasteiger partial charge in [-0.05, 0) is 35.9 Å². The molecule has 2 aromatic carbocycles. The molecule has 0 bridgehead atoms. The van der Waals surface area contributed by atoms with Crippen molar-refractivity contribution < 1.29 is 4.79 Å². The highest BCUT2D eigenvalue weighted by Gasteiger charge is 2.10. The van der Waals surface area contributed by atoms with Gasteiger partial charge in [0.15, 0.2) is 0 Å². The number of hydrogen-bond donors (Lipinski definition) is 1. The Bertz CT molecular complexity index is 972. The van der Waals surface area contributed by atoms with Gasteiger partial charge in [0.25, 0.3) is 0 Å². The van der Waals surface area contributed by atoms with E-state index >= 15 is 0 Å². The lowest BCUT2D eigenvalue weighted by molar-refractivity contribution is 0.239. The predicted octanol–water partition coefficient (Wildman–Crippen LogP) is 2.37. The van der Waals surface area contributed by atoms with Gasteiger partial charge < -0.3 is 5.32 Å². The number of carbonyl (C=O) groups is 1. The van der Waals surface area contributed by atoms with E-state index in [1.807, 2.05) is 60.8 Å². The lowest BCUT2D eigenvalue weighted by Gasteiger charge is -2.07. The molecule has 4 rings (SSSR count). The molecule has 0 atom stereocenters. The number of para-hydroxylation sites is 1. The summed E-state index contributed by atoms with van der Waals surface area (Å²) in [5.74, 6) is 0. The number of fused-ring (bicyclic) bond motifs is 1. The van der Waals surface area contributed by atoms with Gasteiger partial charge in [0.1, 0.15) is 5.52 Å². The highest BCUT2D eigenvalue weighted by Crippen LogP contribution is 2.10. The summed E-state index contributed by atoms with van der Waals surface area (Å²) < 4.78 is 3.05. The first-order chi connectivity index (χ1) is 11.8. The number of benzene rings is 2. The van der Waals surface area contributed by atoms with E-state index in [-0.39, 0.29) is 6.03 Å². The monoisotopic (exact) mass is 318 g/mol. The van der Waals surface area contributed by atoms with Gasteiger partial charge in [0.05, 0.1) is 11.2 Å². The zero-order valence-corrected chi connectivity index (χ0v) is 12.7. The van der Waals surface area contributed by atoms with Gasteiger partial charge in [-0.3, -0.25) is 0 Å².